The molecule has 1 heterocycles. The minimum Gasteiger partial charge on any atom is -0.504 e. The van der Waals surface area contributed by atoms with Gasteiger partial charge in [-0.15, -0.1) is 6.42 Å². The van der Waals surface area contributed by atoms with Crippen LogP contribution in [-0.4, -0.2) is 30.7 Å². The molecule has 3 nitrogen and oxygen atoms in total. The summed E-state index contributed by atoms with van der Waals surface area (Å²) < 4.78 is 5.09. The number of hydrogen-bond donors (Lipinski definition) is 1. The molecule has 0 radical (unpaired) electrons. The Morgan fingerprint density at radius 3 is 2.94 bits per heavy atom. The number of ether oxygens (including phenoxy) is 1. The first-order valence-electron chi connectivity index (χ1n) is 5.23. The van der Waals surface area contributed by atoms with Gasteiger partial charge in [-0.3, -0.25) is 4.90 Å². The molecule has 16 heavy (non-hydrogen) atoms. The monoisotopic (exact) mass is 217 g/mol. The SMILES string of the molecule is C#C[C@H]1c2cc(O)c(OC)cc2CCN1C. The molecule has 1 aliphatic heterocycles. The van der Waals surface area contributed by atoms with E-state index in [9.17, 15) is 5.11 Å². The van der Waals surface area contributed by atoms with Crippen molar-refractivity contribution < 1.29 is 9.84 Å². The number of methoxy groups -OCH3 is 1. The molecule has 0 spiro atoms. The van der Waals surface area contributed by atoms with Crippen molar-refractivity contribution in [2.45, 2.75) is 12.5 Å². The van der Waals surface area contributed by atoms with Crippen LogP contribution in [0.3, 0.4) is 0 Å². The van der Waals surface area contributed by atoms with Crippen LogP contribution in [-0.2, 0) is 6.42 Å². The minimum atomic E-state index is -0.0550. The Kier molecular flexibility index (Phi) is 2.76. The molecule has 84 valence electrons. The number of hydrogen-bond acceptors (Lipinski definition) is 3. The highest BCUT2D eigenvalue weighted by Crippen LogP contribution is 2.36. The molecular formula is C13H15NO2. The van der Waals surface area contributed by atoms with E-state index in [-0.39, 0.29) is 11.8 Å². The average Bonchev–Trinajstić information content (AvgIpc) is 2.28. The molecule has 1 aromatic carbocycles. The molecule has 3 heteroatoms. The van der Waals surface area contributed by atoms with Gasteiger partial charge in [0, 0.05) is 6.54 Å². The Hall–Kier alpha value is -1.66. The quantitative estimate of drug-likeness (QED) is 0.725. The first-order chi connectivity index (χ1) is 7.67. The van der Waals surface area contributed by atoms with Gasteiger partial charge in [-0.25, -0.2) is 0 Å². The van der Waals surface area contributed by atoms with E-state index >= 15 is 0 Å². The molecule has 0 bridgehead atoms. The summed E-state index contributed by atoms with van der Waals surface area (Å²) in [6.45, 7) is 0.926. The third-order valence-corrected chi connectivity index (χ3v) is 3.07. The van der Waals surface area contributed by atoms with E-state index in [1.54, 1.807) is 13.2 Å². The van der Waals surface area contributed by atoms with E-state index in [1.807, 2.05) is 13.1 Å². The molecule has 0 fully saturated rings. The Morgan fingerprint density at radius 1 is 1.56 bits per heavy atom. The normalized spacial score (nSPS) is 19.9. The maximum Gasteiger partial charge on any atom is 0.160 e. The zero-order chi connectivity index (χ0) is 11.7. The smallest absolute Gasteiger partial charge is 0.160 e. The Balaban J connectivity index is 2.52. The largest absolute Gasteiger partial charge is 0.504 e. The second-order valence-electron chi connectivity index (χ2n) is 4.02. The van der Waals surface area contributed by atoms with E-state index in [0.717, 1.165) is 24.1 Å². The van der Waals surface area contributed by atoms with E-state index in [1.165, 1.54) is 0 Å². The lowest BCUT2D eigenvalue weighted by molar-refractivity contribution is 0.277. The molecular weight excluding hydrogens is 202 g/mol. The fraction of sp³-hybridized carbons (Fsp3) is 0.385. The van der Waals surface area contributed by atoms with Crippen LogP contribution in [0.5, 0.6) is 11.5 Å². The van der Waals surface area contributed by atoms with Crippen LogP contribution in [0.2, 0.25) is 0 Å². The molecule has 0 saturated carbocycles. The number of phenolic OH excluding ortho intramolecular Hbond substituents is 1. The van der Waals surface area contributed by atoms with Gasteiger partial charge in [0.1, 0.15) is 0 Å². The van der Waals surface area contributed by atoms with Crippen molar-refractivity contribution in [1.29, 1.82) is 0 Å². The zero-order valence-electron chi connectivity index (χ0n) is 9.53. The second kappa shape index (κ2) is 4.07. The Morgan fingerprint density at radius 2 is 2.31 bits per heavy atom. The number of rotatable bonds is 1. The zero-order valence-corrected chi connectivity index (χ0v) is 9.53. The van der Waals surface area contributed by atoms with Gasteiger partial charge in [-0.05, 0) is 36.7 Å². The first-order valence-corrected chi connectivity index (χ1v) is 5.23. The number of nitrogens with zero attached hydrogens (tertiary/aromatic N) is 1. The Bertz CT molecular complexity index is 448. The van der Waals surface area contributed by atoms with Crippen molar-refractivity contribution in [2.75, 3.05) is 20.7 Å². The highest BCUT2D eigenvalue weighted by atomic mass is 16.5. The van der Waals surface area contributed by atoms with Gasteiger partial charge in [0.2, 0.25) is 0 Å². The maximum atomic E-state index is 9.75. The van der Waals surface area contributed by atoms with E-state index in [0.29, 0.717) is 5.75 Å². The lowest BCUT2D eigenvalue weighted by Crippen LogP contribution is -2.31. The lowest BCUT2D eigenvalue weighted by Gasteiger charge is -2.31. The van der Waals surface area contributed by atoms with Crippen LogP contribution in [0.4, 0.5) is 0 Å². The number of aromatic hydroxyl groups is 1. The average molecular weight is 217 g/mol. The molecule has 0 unspecified atom stereocenters. The van der Waals surface area contributed by atoms with E-state index in [2.05, 4.69) is 10.8 Å². The Labute approximate surface area is 95.6 Å². The second-order valence-corrected chi connectivity index (χ2v) is 4.02. The molecule has 1 aromatic rings. The molecule has 1 N–H and O–H groups in total. The summed E-state index contributed by atoms with van der Waals surface area (Å²) >= 11 is 0. The summed E-state index contributed by atoms with van der Waals surface area (Å²) in [4.78, 5) is 2.11. The fourth-order valence-corrected chi connectivity index (χ4v) is 2.14. The summed E-state index contributed by atoms with van der Waals surface area (Å²) in [5, 5.41) is 9.75. The first kappa shape index (κ1) is 10.8. The van der Waals surface area contributed by atoms with Gasteiger partial charge in [-0.2, -0.15) is 0 Å². The molecule has 1 aliphatic rings. The van der Waals surface area contributed by atoms with Crippen LogP contribution >= 0.6 is 0 Å². The van der Waals surface area contributed by atoms with Gasteiger partial charge < -0.3 is 9.84 Å². The number of phenols is 1. The number of terminal acetylenes is 1. The predicted molar refractivity (Wildman–Crippen MR) is 62.6 cm³/mol. The van der Waals surface area contributed by atoms with Crippen molar-refractivity contribution in [3.05, 3.63) is 23.3 Å². The molecule has 1 atom stereocenters. The highest BCUT2D eigenvalue weighted by Gasteiger charge is 2.24. The third-order valence-electron chi connectivity index (χ3n) is 3.07. The molecule has 2 rings (SSSR count). The third kappa shape index (κ3) is 1.62. The van der Waals surface area contributed by atoms with Crippen LogP contribution in [0.1, 0.15) is 17.2 Å². The molecule has 0 saturated heterocycles. The number of likely N-dealkylation sites (N-methyl/N-ethyl adjacent to an activating group) is 1. The highest BCUT2D eigenvalue weighted by molar-refractivity contribution is 5.50. The van der Waals surface area contributed by atoms with Crippen molar-refractivity contribution in [3.8, 4) is 23.8 Å². The van der Waals surface area contributed by atoms with Gasteiger partial charge >= 0.3 is 0 Å². The van der Waals surface area contributed by atoms with E-state index < -0.39 is 0 Å². The number of fused-ring (bicyclic) bond motifs is 1. The molecule has 0 aliphatic carbocycles. The summed E-state index contributed by atoms with van der Waals surface area (Å²) in [5.74, 6) is 3.41. The predicted octanol–water partition coefficient (Wildman–Crippen LogP) is 1.56. The van der Waals surface area contributed by atoms with E-state index in [4.69, 9.17) is 11.2 Å². The maximum absolute atomic E-state index is 9.75. The van der Waals surface area contributed by atoms with Crippen molar-refractivity contribution in [3.63, 3.8) is 0 Å². The van der Waals surface area contributed by atoms with Crippen LogP contribution in [0, 0.1) is 12.3 Å². The van der Waals surface area contributed by atoms with Crippen LogP contribution in [0.15, 0.2) is 12.1 Å². The summed E-state index contributed by atoms with van der Waals surface area (Å²) in [6.07, 6.45) is 6.46. The minimum absolute atomic E-state index is 0.0550. The molecule has 0 aromatic heterocycles. The van der Waals surface area contributed by atoms with Gasteiger partial charge in [0.05, 0.1) is 13.2 Å². The summed E-state index contributed by atoms with van der Waals surface area (Å²) in [7, 11) is 3.55. The van der Waals surface area contributed by atoms with Crippen molar-refractivity contribution >= 4 is 0 Å². The van der Waals surface area contributed by atoms with Gasteiger partial charge in [0.15, 0.2) is 11.5 Å². The van der Waals surface area contributed by atoms with Crippen LogP contribution < -0.4 is 4.74 Å². The van der Waals surface area contributed by atoms with Crippen LogP contribution in [0.25, 0.3) is 0 Å². The van der Waals surface area contributed by atoms with Gasteiger partial charge in [0.25, 0.3) is 0 Å². The topological polar surface area (TPSA) is 32.7 Å². The number of benzene rings is 1. The van der Waals surface area contributed by atoms with Gasteiger partial charge in [-0.1, -0.05) is 5.92 Å². The van der Waals surface area contributed by atoms with Crippen molar-refractivity contribution in [1.82, 2.24) is 4.90 Å². The molecule has 0 amide bonds. The van der Waals surface area contributed by atoms with Crippen molar-refractivity contribution in [2.24, 2.45) is 0 Å². The standard InChI is InChI=1S/C13H15NO2/c1-4-11-10-8-12(15)13(16-3)7-9(10)5-6-14(11)2/h1,7-8,11,15H,5-6H2,2-3H3/t11-/m0/s1. The summed E-state index contributed by atoms with van der Waals surface area (Å²) in [5.41, 5.74) is 2.17. The summed E-state index contributed by atoms with van der Waals surface area (Å²) in [6, 6.07) is 3.54. The lowest BCUT2D eigenvalue weighted by atomic mass is 9.93. The fourth-order valence-electron chi connectivity index (χ4n) is 2.14.